The average molecular weight is 982 g/mol. The van der Waals surface area contributed by atoms with Crippen molar-refractivity contribution < 1.29 is 32.9 Å². The Kier molecular flexibility index (Phi) is 48.1. The van der Waals surface area contributed by atoms with Crippen molar-refractivity contribution in [1.82, 2.24) is 5.32 Å². The number of phosphoric acid groups is 1. The number of aliphatic hydroxyl groups excluding tert-OH is 1. The molecular weight excluding hydrogens is 876 g/mol. The van der Waals surface area contributed by atoms with Gasteiger partial charge in [-0.25, -0.2) is 4.57 Å². The Hall–Kier alpha value is -2.84. The molecule has 3 N–H and O–H groups in total. The van der Waals surface area contributed by atoms with Crippen LogP contribution in [0.25, 0.3) is 0 Å². The number of carbonyl (C=O) groups excluding carboxylic acids is 1. The molecule has 0 radical (unpaired) electrons. The molecule has 0 rings (SSSR count). The molecule has 0 aliphatic heterocycles. The van der Waals surface area contributed by atoms with Crippen LogP contribution in [0.2, 0.25) is 0 Å². The van der Waals surface area contributed by atoms with E-state index in [-0.39, 0.29) is 19.1 Å². The molecule has 0 aliphatic carbocycles. The van der Waals surface area contributed by atoms with Crippen molar-refractivity contribution in [3.8, 4) is 0 Å². The summed E-state index contributed by atoms with van der Waals surface area (Å²) in [6.45, 7) is 4.73. The average Bonchev–Trinajstić information content (AvgIpc) is 3.31. The number of carbonyl (C=O) groups is 1. The van der Waals surface area contributed by atoms with Gasteiger partial charge in [0.1, 0.15) is 13.2 Å². The minimum Gasteiger partial charge on any atom is -0.391 e. The van der Waals surface area contributed by atoms with Crippen LogP contribution in [0.4, 0.5) is 0 Å². The fourth-order valence-electron chi connectivity index (χ4n) is 7.46. The van der Waals surface area contributed by atoms with Crippen molar-refractivity contribution >= 4 is 13.7 Å². The Morgan fingerprint density at radius 2 is 0.855 bits per heavy atom. The standard InChI is InChI=1S/C60H105N2O6P/c1-6-8-10-12-14-16-18-20-22-24-26-27-28-29-30-31-32-33-34-35-36-38-40-42-44-46-48-50-52-54-60(64)61-58(57-68-69(65,66)67-56-55-62(3,4)5)59(63)53-51-49-47-45-43-41-39-37-25-23-21-19-17-15-13-11-9-7-2/h8,10,14,16,20,22,26-27,29-30,32-33,35-36,40,42,46,48,58-59,63H,6-7,9,11-13,15,17-19,21,23-25,28,31,34,37-39,41,43-45,47,49-57H2,1-5H3,(H-,61,64,65,66)/p+1/b10-8-,16-14-,22-20-,27-26-,30-29-,33-32-,36-35-,42-40-,48-46-. The molecule has 0 heterocycles. The van der Waals surface area contributed by atoms with E-state index in [9.17, 15) is 19.4 Å². The zero-order valence-corrected chi connectivity index (χ0v) is 45.9. The highest BCUT2D eigenvalue weighted by Crippen LogP contribution is 2.43. The van der Waals surface area contributed by atoms with Crippen molar-refractivity contribution in [2.24, 2.45) is 0 Å². The molecular formula is C60H106N2O6P+. The Balaban J connectivity index is 4.36. The van der Waals surface area contributed by atoms with Gasteiger partial charge in [0.15, 0.2) is 0 Å². The Bertz CT molecular complexity index is 1490. The molecule has 9 heteroatoms. The molecule has 0 spiro atoms. The van der Waals surface area contributed by atoms with Gasteiger partial charge < -0.3 is 19.8 Å². The minimum atomic E-state index is -4.35. The monoisotopic (exact) mass is 982 g/mol. The second kappa shape index (κ2) is 50.1. The first kappa shape index (κ1) is 66.2. The van der Waals surface area contributed by atoms with E-state index in [0.717, 1.165) is 83.5 Å². The van der Waals surface area contributed by atoms with Gasteiger partial charge in [0.05, 0.1) is 39.9 Å². The minimum absolute atomic E-state index is 0.0578. The zero-order valence-electron chi connectivity index (χ0n) is 45.0. The largest absolute Gasteiger partial charge is 0.472 e. The second-order valence-corrected chi connectivity index (χ2v) is 21.0. The van der Waals surface area contributed by atoms with Crippen LogP contribution >= 0.6 is 7.82 Å². The van der Waals surface area contributed by atoms with Crippen LogP contribution in [0.1, 0.15) is 213 Å². The van der Waals surface area contributed by atoms with Crippen LogP contribution in [0.3, 0.4) is 0 Å². The summed E-state index contributed by atoms with van der Waals surface area (Å²) < 4.78 is 23.7. The summed E-state index contributed by atoms with van der Waals surface area (Å²) in [5.41, 5.74) is 0. The first-order valence-corrected chi connectivity index (χ1v) is 29.2. The van der Waals surface area contributed by atoms with Gasteiger partial charge in [0.2, 0.25) is 5.91 Å². The maximum atomic E-state index is 13.0. The molecule has 0 aromatic heterocycles. The van der Waals surface area contributed by atoms with Gasteiger partial charge in [-0.2, -0.15) is 0 Å². The fourth-order valence-corrected chi connectivity index (χ4v) is 8.20. The highest BCUT2D eigenvalue weighted by Gasteiger charge is 2.28. The number of aliphatic hydroxyl groups is 1. The topological polar surface area (TPSA) is 105 Å². The Morgan fingerprint density at radius 1 is 0.507 bits per heavy atom. The fraction of sp³-hybridized carbons (Fsp3) is 0.683. The second-order valence-electron chi connectivity index (χ2n) is 19.6. The molecule has 0 saturated heterocycles. The van der Waals surface area contributed by atoms with E-state index in [4.69, 9.17) is 9.05 Å². The number of hydrogen-bond acceptors (Lipinski definition) is 5. The van der Waals surface area contributed by atoms with Gasteiger partial charge in [-0.1, -0.05) is 239 Å². The summed E-state index contributed by atoms with van der Waals surface area (Å²) in [5, 5.41) is 14.0. The SMILES string of the molecule is CC/C=C\C/C=C\C/C=C\C/C=C\C/C=C\C/C=C\C/C=C\C/C=C\C/C=C\CCCC(=O)NC(COP(=O)(O)OCC[N+](C)(C)C)C(O)CCCCCCCCCCCCCCCCCCCC. The smallest absolute Gasteiger partial charge is 0.391 e. The van der Waals surface area contributed by atoms with Crippen LogP contribution in [-0.2, 0) is 18.4 Å². The first-order chi connectivity index (χ1) is 33.5. The van der Waals surface area contributed by atoms with E-state index in [1.165, 1.54) is 96.3 Å². The van der Waals surface area contributed by atoms with Crippen molar-refractivity contribution in [2.45, 2.75) is 225 Å². The number of unbranched alkanes of at least 4 members (excludes halogenated alkanes) is 18. The summed E-state index contributed by atoms with van der Waals surface area (Å²) in [7, 11) is 1.56. The number of amides is 1. The molecule has 3 unspecified atom stereocenters. The highest BCUT2D eigenvalue weighted by molar-refractivity contribution is 7.47. The van der Waals surface area contributed by atoms with E-state index in [2.05, 4.69) is 129 Å². The van der Waals surface area contributed by atoms with Crippen molar-refractivity contribution in [3.05, 3.63) is 109 Å². The third kappa shape index (κ3) is 52.8. The summed E-state index contributed by atoms with van der Waals surface area (Å²) >= 11 is 0. The van der Waals surface area contributed by atoms with E-state index in [0.29, 0.717) is 30.3 Å². The van der Waals surface area contributed by atoms with Crippen LogP contribution < -0.4 is 5.32 Å². The lowest BCUT2D eigenvalue weighted by atomic mass is 10.0. The van der Waals surface area contributed by atoms with Gasteiger partial charge >= 0.3 is 7.82 Å². The molecule has 3 atom stereocenters. The Labute approximate surface area is 425 Å². The molecule has 0 aromatic rings. The molecule has 0 fully saturated rings. The first-order valence-electron chi connectivity index (χ1n) is 27.8. The lowest BCUT2D eigenvalue weighted by Gasteiger charge is -2.26. The number of nitrogens with one attached hydrogen (secondary N) is 1. The Morgan fingerprint density at radius 3 is 1.22 bits per heavy atom. The highest BCUT2D eigenvalue weighted by atomic mass is 31.2. The molecule has 8 nitrogen and oxygen atoms in total. The number of hydrogen-bond donors (Lipinski definition) is 3. The molecule has 69 heavy (non-hydrogen) atoms. The number of nitrogens with zero attached hydrogens (tertiary/aromatic N) is 1. The lowest BCUT2D eigenvalue weighted by Crippen LogP contribution is -2.46. The predicted octanol–water partition coefficient (Wildman–Crippen LogP) is 16.8. The molecule has 1 amide bonds. The molecule has 0 aliphatic rings. The number of rotatable bonds is 49. The van der Waals surface area contributed by atoms with Crippen molar-refractivity contribution in [3.63, 3.8) is 0 Å². The number of quaternary nitrogens is 1. The molecule has 396 valence electrons. The maximum absolute atomic E-state index is 13.0. The van der Waals surface area contributed by atoms with Gasteiger partial charge in [-0.05, 0) is 77.0 Å². The normalized spacial score (nSPS) is 14.8. The van der Waals surface area contributed by atoms with Crippen LogP contribution in [0.5, 0.6) is 0 Å². The van der Waals surface area contributed by atoms with E-state index in [1.54, 1.807) is 0 Å². The van der Waals surface area contributed by atoms with Gasteiger partial charge in [-0.3, -0.25) is 13.8 Å². The van der Waals surface area contributed by atoms with Crippen LogP contribution in [0.15, 0.2) is 109 Å². The number of likely N-dealkylation sites (N-methyl/N-ethyl adjacent to an activating group) is 1. The van der Waals surface area contributed by atoms with E-state index in [1.807, 2.05) is 21.1 Å². The van der Waals surface area contributed by atoms with Gasteiger partial charge in [0.25, 0.3) is 0 Å². The van der Waals surface area contributed by atoms with E-state index >= 15 is 0 Å². The molecule has 0 saturated carbocycles. The van der Waals surface area contributed by atoms with Gasteiger partial charge in [-0.15, -0.1) is 0 Å². The summed E-state index contributed by atoms with van der Waals surface area (Å²) in [4.78, 5) is 23.3. The van der Waals surface area contributed by atoms with Crippen molar-refractivity contribution in [2.75, 3.05) is 40.9 Å². The van der Waals surface area contributed by atoms with Crippen LogP contribution in [0, 0.1) is 0 Å². The summed E-state index contributed by atoms with van der Waals surface area (Å²) in [6.07, 6.45) is 72.9. The zero-order chi connectivity index (χ0) is 50.6. The van der Waals surface area contributed by atoms with Crippen molar-refractivity contribution in [1.29, 1.82) is 0 Å². The van der Waals surface area contributed by atoms with E-state index < -0.39 is 20.0 Å². The molecule has 0 bridgehead atoms. The number of phosphoric ester groups is 1. The third-order valence-electron chi connectivity index (χ3n) is 11.8. The maximum Gasteiger partial charge on any atom is 0.472 e. The predicted molar refractivity (Wildman–Crippen MR) is 299 cm³/mol. The van der Waals surface area contributed by atoms with Crippen LogP contribution in [-0.4, -0.2) is 73.4 Å². The van der Waals surface area contributed by atoms with Gasteiger partial charge in [0, 0.05) is 6.42 Å². The lowest BCUT2D eigenvalue weighted by molar-refractivity contribution is -0.870. The third-order valence-corrected chi connectivity index (χ3v) is 12.8. The summed E-state index contributed by atoms with van der Waals surface area (Å²) in [5.74, 6) is -0.205. The quantitative estimate of drug-likeness (QED) is 0.0243. The molecule has 0 aromatic carbocycles. The summed E-state index contributed by atoms with van der Waals surface area (Å²) in [6, 6.07) is -0.800. The number of allylic oxidation sites excluding steroid dienone is 18.